The molecule has 134 valence electrons. The zero-order valence-electron chi connectivity index (χ0n) is 13.8. The van der Waals surface area contributed by atoms with E-state index in [4.69, 9.17) is 21.1 Å². The molecule has 25 heavy (non-hydrogen) atoms. The van der Waals surface area contributed by atoms with Crippen molar-refractivity contribution in [3.63, 3.8) is 0 Å². The third-order valence-electron chi connectivity index (χ3n) is 3.80. The van der Waals surface area contributed by atoms with E-state index in [-0.39, 0.29) is 12.1 Å². The third kappa shape index (κ3) is 5.65. The van der Waals surface area contributed by atoms with Gasteiger partial charge in [0.25, 0.3) is 0 Å². The minimum atomic E-state index is -0.272. The van der Waals surface area contributed by atoms with Crippen molar-refractivity contribution in [1.29, 1.82) is 0 Å². The zero-order valence-corrected chi connectivity index (χ0v) is 14.5. The average Bonchev–Trinajstić information content (AvgIpc) is 3.26. The number of hydrogen-bond donors (Lipinski definition) is 2. The molecule has 0 aliphatic carbocycles. The number of nitrogens with one attached hydrogen (secondary N) is 2. The summed E-state index contributed by atoms with van der Waals surface area (Å²) < 4.78 is 12.9. The molecule has 2 amide bonds. The van der Waals surface area contributed by atoms with Crippen LogP contribution in [0.1, 0.15) is 12.8 Å². The molecule has 0 bridgehead atoms. The molecule has 1 aromatic heterocycles. The molecule has 1 aliphatic rings. The van der Waals surface area contributed by atoms with Crippen LogP contribution in [0.5, 0.6) is 5.75 Å². The number of rotatable bonds is 7. The monoisotopic (exact) mass is 364 g/mol. The minimum Gasteiger partial charge on any atom is -0.491 e. The lowest BCUT2D eigenvalue weighted by Gasteiger charge is -2.12. The number of anilines is 1. The van der Waals surface area contributed by atoms with Gasteiger partial charge in [0.1, 0.15) is 12.4 Å². The van der Waals surface area contributed by atoms with Crippen molar-refractivity contribution in [2.45, 2.75) is 25.5 Å². The molecule has 0 spiro atoms. The molecule has 0 radical (unpaired) electrons. The maximum Gasteiger partial charge on any atom is 0.319 e. The molecule has 1 saturated heterocycles. The standard InChI is InChI=1S/C17H21ClN4O3/c18-13-10-20-22(11-13)8-7-19-17(23)21-14-3-5-15(6-4-14)25-12-16-2-1-9-24-16/h3-6,10-11,16H,1-2,7-9,12H2,(H2,19,21,23). The van der Waals surface area contributed by atoms with E-state index in [1.165, 1.54) is 0 Å². The summed E-state index contributed by atoms with van der Waals surface area (Å²) in [5, 5.41) is 10.2. The fourth-order valence-corrected chi connectivity index (χ4v) is 2.68. The van der Waals surface area contributed by atoms with Crippen LogP contribution in [0.3, 0.4) is 0 Å². The second kappa shape index (κ2) is 8.73. The highest BCUT2D eigenvalue weighted by Gasteiger charge is 2.15. The Kier molecular flexibility index (Phi) is 6.14. The van der Waals surface area contributed by atoms with Gasteiger partial charge in [-0.05, 0) is 37.1 Å². The van der Waals surface area contributed by atoms with Gasteiger partial charge in [-0.1, -0.05) is 11.6 Å². The Morgan fingerprint density at radius 2 is 2.24 bits per heavy atom. The predicted octanol–water partition coefficient (Wildman–Crippen LogP) is 2.92. The van der Waals surface area contributed by atoms with Crippen LogP contribution in [0.25, 0.3) is 0 Å². The van der Waals surface area contributed by atoms with Crippen molar-refractivity contribution in [3.05, 3.63) is 41.7 Å². The fourth-order valence-electron chi connectivity index (χ4n) is 2.52. The van der Waals surface area contributed by atoms with Gasteiger partial charge in [0, 0.05) is 25.0 Å². The Balaban J connectivity index is 1.37. The van der Waals surface area contributed by atoms with Gasteiger partial charge in [-0.15, -0.1) is 0 Å². The molecule has 2 aromatic rings. The van der Waals surface area contributed by atoms with Crippen LogP contribution >= 0.6 is 11.6 Å². The number of ether oxygens (including phenoxy) is 2. The molecule has 2 heterocycles. The van der Waals surface area contributed by atoms with Crippen molar-refractivity contribution in [3.8, 4) is 5.75 Å². The van der Waals surface area contributed by atoms with Gasteiger partial charge in [-0.2, -0.15) is 5.10 Å². The number of carbonyl (C=O) groups is 1. The Hall–Kier alpha value is -2.25. The van der Waals surface area contributed by atoms with Crippen molar-refractivity contribution in [1.82, 2.24) is 15.1 Å². The molecule has 1 aliphatic heterocycles. The topological polar surface area (TPSA) is 77.4 Å². The Bertz CT molecular complexity index is 683. The van der Waals surface area contributed by atoms with Crippen LogP contribution in [-0.4, -0.2) is 41.7 Å². The van der Waals surface area contributed by atoms with Crippen molar-refractivity contribution in [2.75, 3.05) is 25.1 Å². The molecule has 1 fully saturated rings. The highest BCUT2D eigenvalue weighted by molar-refractivity contribution is 6.30. The SMILES string of the molecule is O=C(NCCn1cc(Cl)cn1)Nc1ccc(OCC2CCCO2)cc1. The van der Waals surface area contributed by atoms with Crippen LogP contribution in [0, 0.1) is 0 Å². The summed E-state index contributed by atoms with van der Waals surface area (Å²) in [7, 11) is 0. The van der Waals surface area contributed by atoms with E-state index in [1.54, 1.807) is 29.2 Å². The highest BCUT2D eigenvalue weighted by Crippen LogP contribution is 2.18. The lowest BCUT2D eigenvalue weighted by molar-refractivity contribution is 0.0679. The van der Waals surface area contributed by atoms with Gasteiger partial charge >= 0.3 is 6.03 Å². The van der Waals surface area contributed by atoms with E-state index in [1.807, 2.05) is 12.1 Å². The van der Waals surface area contributed by atoms with Gasteiger partial charge in [0.15, 0.2) is 0 Å². The van der Waals surface area contributed by atoms with Crippen LogP contribution < -0.4 is 15.4 Å². The molecule has 7 nitrogen and oxygen atoms in total. The number of nitrogens with zero attached hydrogens (tertiary/aromatic N) is 2. The van der Waals surface area contributed by atoms with E-state index >= 15 is 0 Å². The number of urea groups is 1. The van der Waals surface area contributed by atoms with Crippen LogP contribution in [0.4, 0.5) is 10.5 Å². The largest absolute Gasteiger partial charge is 0.491 e. The lowest BCUT2D eigenvalue weighted by atomic mass is 10.2. The molecule has 0 saturated carbocycles. The fraction of sp³-hybridized carbons (Fsp3) is 0.412. The quantitative estimate of drug-likeness (QED) is 0.791. The third-order valence-corrected chi connectivity index (χ3v) is 4.00. The number of amides is 2. The van der Waals surface area contributed by atoms with E-state index < -0.39 is 0 Å². The smallest absolute Gasteiger partial charge is 0.319 e. The van der Waals surface area contributed by atoms with Crippen molar-refractivity contribution < 1.29 is 14.3 Å². The summed E-state index contributed by atoms with van der Waals surface area (Å²) in [5.41, 5.74) is 0.698. The van der Waals surface area contributed by atoms with E-state index in [0.717, 1.165) is 25.2 Å². The Labute approximate surface area is 151 Å². The van der Waals surface area contributed by atoms with Crippen LogP contribution in [0.15, 0.2) is 36.7 Å². The maximum atomic E-state index is 11.9. The molecular formula is C17H21ClN4O3. The molecule has 2 N–H and O–H groups in total. The Morgan fingerprint density at radius 3 is 2.92 bits per heavy atom. The van der Waals surface area contributed by atoms with Gasteiger partial charge in [0.2, 0.25) is 0 Å². The summed E-state index contributed by atoms with van der Waals surface area (Å²) in [6.45, 7) is 2.38. The summed E-state index contributed by atoms with van der Waals surface area (Å²) in [5.74, 6) is 0.761. The van der Waals surface area contributed by atoms with E-state index in [0.29, 0.717) is 30.4 Å². The normalized spacial score (nSPS) is 16.6. The van der Waals surface area contributed by atoms with Crippen molar-refractivity contribution in [2.24, 2.45) is 0 Å². The molecule has 8 heteroatoms. The average molecular weight is 365 g/mol. The van der Waals surface area contributed by atoms with Crippen molar-refractivity contribution >= 4 is 23.3 Å². The number of aromatic nitrogens is 2. The predicted molar refractivity (Wildman–Crippen MR) is 95.2 cm³/mol. The van der Waals surface area contributed by atoms with Gasteiger partial charge < -0.3 is 20.1 Å². The maximum absolute atomic E-state index is 11.9. The molecule has 1 unspecified atom stereocenters. The van der Waals surface area contributed by atoms with Crippen LogP contribution in [-0.2, 0) is 11.3 Å². The molecular weight excluding hydrogens is 344 g/mol. The Morgan fingerprint density at radius 1 is 1.40 bits per heavy atom. The first-order valence-electron chi connectivity index (χ1n) is 8.26. The molecule has 1 atom stereocenters. The second-order valence-corrected chi connectivity index (χ2v) is 6.21. The van der Waals surface area contributed by atoms with E-state index in [2.05, 4.69) is 15.7 Å². The summed E-state index contributed by atoms with van der Waals surface area (Å²) in [4.78, 5) is 11.9. The number of benzene rings is 1. The first-order chi connectivity index (χ1) is 12.2. The van der Waals surface area contributed by atoms with Gasteiger partial charge in [0.05, 0.1) is 23.9 Å². The number of hydrogen-bond acceptors (Lipinski definition) is 4. The van der Waals surface area contributed by atoms with Gasteiger partial charge in [-0.25, -0.2) is 4.79 Å². The van der Waals surface area contributed by atoms with Crippen LogP contribution in [0.2, 0.25) is 5.02 Å². The summed E-state index contributed by atoms with van der Waals surface area (Å²) >= 11 is 5.78. The summed E-state index contributed by atoms with van der Waals surface area (Å²) in [6.07, 6.45) is 5.60. The lowest BCUT2D eigenvalue weighted by Crippen LogP contribution is -2.31. The molecule has 1 aromatic carbocycles. The second-order valence-electron chi connectivity index (χ2n) is 5.77. The number of carbonyl (C=O) groups excluding carboxylic acids is 1. The zero-order chi connectivity index (χ0) is 17.5. The van der Waals surface area contributed by atoms with E-state index in [9.17, 15) is 4.79 Å². The number of halogens is 1. The van der Waals surface area contributed by atoms with Gasteiger partial charge in [-0.3, -0.25) is 4.68 Å². The molecule has 3 rings (SSSR count). The minimum absolute atomic E-state index is 0.188. The first-order valence-corrected chi connectivity index (χ1v) is 8.64. The highest BCUT2D eigenvalue weighted by atomic mass is 35.5. The first kappa shape index (κ1) is 17.6. The summed E-state index contributed by atoms with van der Waals surface area (Å²) in [6, 6.07) is 6.99.